The molecule has 3 rings (SSSR count). The summed E-state index contributed by atoms with van der Waals surface area (Å²) in [5.74, 6) is -1.00. The largest absolute Gasteiger partial charge is 0.476 e. The summed E-state index contributed by atoms with van der Waals surface area (Å²) in [7, 11) is 0. The molecule has 0 amide bonds. The molecule has 104 valence electrons. The molecular weight excluding hydrogens is 262 g/mol. The minimum absolute atomic E-state index is 0.0613. The van der Waals surface area contributed by atoms with Crippen LogP contribution in [0.4, 0.5) is 0 Å². The van der Waals surface area contributed by atoms with Crippen LogP contribution in [0.15, 0.2) is 5.03 Å². The second-order valence-corrected chi connectivity index (χ2v) is 7.10. The molecule has 0 aromatic carbocycles. The van der Waals surface area contributed by atoms with Gasteiger partial charge in [-0.05, 0) is 43.9 Å². The molecule has 5 nitrogen and oxygen atoms in total. The van der Waals surface area contributed by atoms with E-state index in [1.165, 1.54) is 51.4 Å². The Balaban J connectivity index is 1.60. The Morgan fingerprint density at radius 2 is 1.89 bits per heavy atom. The molecule has 19 heavy (non-hydrogen) atoms. The number of carbonyl (C=O) groups is 1. The van der Waals surface area contributed by atoms with Crippen molar-refractivity contribution in [2.75, 3.05) is 0 Å². The van der Waals surface area contributed by atoms with Gasteiger partial charge in [0.25, 0.3) is 0 Å². The van der Waals surface area contributed by atoms with E-state index in [-0.39, 0.29) is 5.69 Å². The van der Waals surface area contributed by atoms with Gasteiger partial charge in [0, 0.05) is 5.25 Å². The molecule has 6 heteroatoms. The van der Waals surface area contributed by atoms with Crippen LogP contribution in [0.25, 0.3) is 0 Å². The average Bonchev–Trinajstić information content (AvgIpc) is 3.02. The summed E-state index contributed by atoms with van der Waals surface area (Å²) in [6.07, 6.45) is 10.5. The van der Waals surface area contributed by atoms with E-state index >= 15 is 0 Å². The Bertz CT molecular complexity index is 458. The van der Waals surface area contributed by atoms with Gasteiger partial charge in [0.05, 0.1) is 0 Å². The van der Waals surface area contributed by atoms with Crippen molar-refractivity contribution in [3.05, 3.63) is 5.69 Å². The molecule has 0 bridgehead atoms. The van der Waals surface area contributed by atoms with Crippen LogP contribution < -0.4 is 0 Å². The van der Waals surface area contributed by atoms with Crippen molar-refractivity contribution in [1.82, 2.24) is 15.4 Å². The van der Waals surface area contributed by atoms with E-state index in [0.717, 1.165) is 0 Å². The fourth-order valence-electron chi connectivity index (χ4n) is 3.55. The Morgan fingerprint density at radius 3 is 2.53 bits per heavy atom. The maximum absolute atomic E-state index is 11.0. The highest BCUT2D eigenvalue weighted by Crippen LogP contribution is 2.51. The van der Waals surface area contributed by atoms with Gasteiger partial charge < -0.3 is 5.11 Å². The zero-order valence-electron chi connectivity index (χ0n) is 10.9. The molecule has 1 spiro atoms. The number of nitrogens with zero attached hydrogens (tertiary/aromatic N) is 2. The zero-order chi connectivity index (χ0) is 13.3. The third-order valence-corrected chi connectivity index (χ3v) is 5.97. The SMILES string of the molecule is O=C(O)c1n[nH]nc1SC1CCC2(CCCC2)CC1. The Hall–Kier alpha value is -1.04. The third kappa shape index (κ3) is 2.63. The van der Waals surface area contributed by atoms with Crippen molar-refractivity contribution in [2.45, 2.75) is 61.6 Å². The first-order chi connectivity index (χ1) is 9.19. The van der Waals surface area contributed by atoms with Gasteiger partial charge in [0.1, 0.15) is 0 Å². The highest BCUT2D eigenvalue weighted by Gasteiger charge is 2.38. The first kappa shape index (κ1) is 13.0. The maximum atomic E-state index is 11.0. The number of aromatic amines is 1. The molecule has 2 saturated carbocycles. The molecule has 0 unspecified atom stereocenters. The third-order valence-electron chi connectivity index (χ3n) is 4.65. The van der Waals surface area contributed by atoms with Crippen LogP contribution in [0.1, 0.15) is 61.9 Å². The van der Waals surface area contributed by atoms with Gasteiger partial charge in [-0.2, -0.15) is 5.21 Å². The number of carboxylic acids is 1. The van der Waals surface area contributed by atoms with Crippen LogP contribution in [0.2, 0.25) is 0 Å². The van der Waals surface area contributed by atoms with Crippen LogP contribution in [0, 0.1) is 5.41 Å². The Morgan fingerprint density at radius 1 is 1.21 bits per heavy atom. The number of hydrogen-bond donors (Lipinski definition) is 2. The minimum Gasteiger partial charge on any atom is -0.476 e. The van der Waals surface area contributed by atoms with Crippen molar-refractivity contribution >= 4 is 17.7 Å². The summed E-state index contributed by atoms with van der Waals surface area (Å²) in [4.78, 5) is 11.0. The van der Waals surface area contributed by atoms with Crippen LogP contribution >= 0.6 is 11.8 Å². The lowest BCUT2D eigenvalue weighted by Crippen LogP contribution is -2.25. The van der Waals surface area contributed by atoms with Crippen molar-refractivity contribution in [1.29, 1.82) is 0 Å². The highest BCUT2D eigenvalue weighted by atomic mass is 32.2. The summed E-state index contributed by atoms with van der Waals surface area (Å²) in [6, 6.07) is 0. The standard InChI is InChI=1S/C13H19N3O2S/c17-12(18)10-11(15-16-14-10)19-9-3-7-13(8-4-9)5-1-2-6-13/h9H,1-8H2,(H,17,18)(H,14,15,16). The summed E-state index contributed by atoms with van der Waals surface area (Å²) in [5.41, 5.74) is 0.683. The fourth-order valence-corrected chi connectivity index (χ4v) is 4.67. The zero-order valence-corrected chi connectivity index (χ0v) is 11.7. The van der Waals surface area contributed by atoms with Crippen LogP contribution in [-0.4, -0.2) is 31.7 Å². The maximum Gasteiger partial charge on any atom is 0.359 e. The van der Waals surface area contributed by atoms with Gasteiger partial charge in [-0.25, -0.2) is 4.79 Å². The Labute approximate surface area is 116 Å². The molecule has 0 radical (unpaired) electrons. The molecule has 2 aliphatic carbocycles. The summed E-state index contributed by atoms with van der Waals surface area (Å²) >= 11 is 1.58. The van der Waals surface area contributed by atoms with E-state index in [2.05, 4.69) is 15.4 Å². The van der Waals surface area contributed by atoms with E-state index in [4.69, 9.17) is 5.11 Å². The Kier molecular flexibility index (Phi) is 3.52. The van der Waals surface area contributed by atoms with E-state index in [9.17, 15) is 4.79 Å². The summed E-state index contributed by atoms with van der Waals surface area (Å²) in [5, 5.41) is 20.1. The number of aromatic nitrogens is 3. The van der Waals surface area contributed by atoms with Gasteiger partial charge in [-0.15, -0.1) is 10.2 Å². The topological polar surface area (TPSA) is 78.9 Å². The van der Waals surface area contributed by atoms with Gasteiger partial charge in [-0.3, -0.25) is 0 Å². The molecule has 0 atom stereocenters. The lowest BCUT2D eigenvalue weighted by Gasteiger charge is -2.36. The molecule has 0 aliphatic heterocycles. The number of nitrogens with one attached hydrogen (secondary N) is 1. The van der Waals surface area contributed by atoms with Crippen molar-refractivity contribution in [3.63, 3.8) is 0 Å². The smallest absolute Gasteiger partial charge is 0.359 e. The molecule has 1 heterocycles. The molecule has 2 fully saturated rings. The second kappa shape index (κ2) is 5.15. The number of rotatable bonds is 3. The first-order valence-corrected chi connectivity index (χ1v) is 7.87. The number of carboxylic acid groups (broad SMARTS) is 1. The van der Waals surface area contributed by atoms with Crippen LogP contribution in [0.3, 0.4) is 0 Å². The molecular formula is C13H19N3O2S. The average molecular weight is 281 g/mol. The molecule has 1 aromatic heterocycles. The molecule has 2 N–H and O–H groups in total. The first-order valence-electron chi connectivity index (χ1n) is 6.99. The molecule has 2 aliphatic rings. The van der Waals surface area contributed by atoms with Crippen molar-refractivity contribution in [3.8, 4) is 0 Å². The quantitative estimate of drug-likeness (QED) is 0.890. The summed E-state index contributed by atoms with van der Waals surface area (Å²) in [6.45, 7) is 0. The highest BCUT2D eigenvalue weighted by molar-refractivity contribution is 7.99. The van der Waals surface area contributed by atoms with E-state index in [0.29, 0.717) is 15.7 Å². The predicted molar refractivity (Wildman–Crippen MR) is 72.4 cm³/mol. The number of aromatic carboxylic acids is 1. The fraction of sp³-hybridized carbons (Fsp3) is 0.769. The van der Waals surface area contributed by atoms with Crippen molar-refractivity contribution < 1.29 is 9.90 Å². The predicted octanol–water partition coefficient (Wildman–Crippen LogP) is 3.10. The van der Waals surface area contributed by atoms with Gasteiger partial charge in [0.15, 0.2) is 5.03 Å². The number of thioether (sulfide) groups is 1. The van der Waals surface area contributed by atoms with Gasteiger partial charge in [-0.1, -0.05) is 24.6 Å². The molecule has 1 aromatic rings. The normalized spacial score (nSPS) is 22.9. The van der Waals surface area contributed by atoms with Crippen LogP contribution in [-0.2, 0) is 0 Å². The second-order valence-electron chi connectivity index (χ2n) is 5.81. The van der Waals surface area contributed by atoms with E-state index < -0.39 is 5.97 Å². The summed E-state index contributed by atoms with van der Waals surface area (Å²) < 4.78 is 0. The van der Waals surface area contributed by atoms with Crippen LogP contribution in [0.5, 0.6) is 0 Å². The van der Waals surface area contributed by atoms with E-state index in [1.54, 1.807) is 11.8 Å². The number of H-pyrrole nitrogens is 1. The van der Waals surface area contributed by atoms with E-state index in [1.807, 2.05) is 0 Å². The van der Waals surface area contributed by atoms with Crippen molar-refractivity contribution in [2.24, 2.45) is 5.41 Å². The van der Waals surface area contributed by atoms with Gasteiger partial charge >= 0.3 is 5.97 Å². The molecule has 0 saturated heterocycles. The minimum atomic E-state index is -1.00. The lowest BCUT2D eigenvalue weighted by molar-refractivity contribution is 0.0686. The number of hydrogen-bond acceptors (Lipinski definition) is 4. The monoisotopic (exact) mass is 281 g/mol. The van der Waals surface area contributed by atoms with Gasteiger partial charge in [0.2, 0.25) is 5.69 Å². The lowest BCUT2D eigenvalue weighted by atomic mass is 9.73.